The minimum Gasteiger partial charge on any atom is -0.497 e. The number of methoxy groups -OCH3 is 2. The molecular formula is C32H32BrClN4O6. The highest BCUT2D eigenvalue weighted by atomic mass is 79.9. The maximum Gasteiger partial charge on any atom is 0.333 e. The minimum atomic E-state index is -0.475. The van der Waals surface area contributed by atoms with Crippen molar-refractivity contribution in [3.05, 3.63) is 103 Å². The summed E-state index contributed by atoms with van der Waals surface area (Å²) < 4.78 is 20.2. The molecule has 12 heteroatoms. The molecular weight excluding hydrogens is 652 g/mol. The number of fused-ring (bicyclic) bond motifs is 1. The zero-order chi connectivity index (χ0) is 31.5. The van der Waals surface area contributed by atoms with E-state index in [4.69, 9.17) is 25.8 Å². The van der Waals surface area contributed by atoms with Crippen molar-refractivity contribution in [1.82, 2.24) is 19.4 Å². The molecule has 0 spiro atoms. The summed E-state index contributed by atoms with van der Waals surface area (Å²) in [5.41, 5.74) is 1.83. The predicted octanol–water partition coefficient (Wildman–Crippen LogP) is 5.45. The van der Waals surface area contributed by atoms with E-state index in [1.807, 2.05) is 13.8 Å². The van der Waals surface area contributed by atoms with Crippen molar-refractivity contribution in [3.8, 4) is 22.9 Å². The number of amides is 2. The highest BCUT2D eigenvalue weighted by Crippen LogP contribution is 2.27. The summed E-state index contributed by atoms with van der Waals surface area (Å²) in [7, 11) is 3.10. The van der Waals surface area contributed by atoms with E-state index in [0.717, 1.165) is 5.56 Å². The molecule has 0 atom stereocenters. The Morgan fingerprint density at radius 2 is 1.70 bits per heavy atom. The van der Waals surface area contributed by atoms with Gasteiger partial charge in [0.15, 0.2) is 0 Å². The molecule has 2 amide bonds. The number of rotatable bonds is 9. The Bertz CT molecular complexity index is 1770. The number of benzene rings is 3. The van der Waals surface area contributed by atoms with Gasteiger partial charge in [0.05, 0.1) is 43.3 Å². The maximum absolute atomic E-state index is 14.0. The number of aromatic nitrogens is 2. The number of carbonyl (C=O) groups excluding carboxylic acids is 2. The van der Waals surface area contributed by atoms with Crippen molar-refractivity contribution in [2.75, 3.05) is 20.8 Å². The Hall–Kier alpha value is -4.22. The van der Waals surface area contributed by atoms with E-state index in [1.165, 1.54) is 4.57 Å². The van der Waals surface area contributed by atoms with Gasteiger partial charge in [-0.05, 0) is 84.4 Å². The highest BCUT2D eigenvalue weighted by Gasteiger charge is 2.32. The zero-order valence-electron chi connectivity index (χ0n) is 24.7. The monoisotopic (exact) mass is 682 g/mol. The molecule has 0 radical (unpaired) electrons. The van der Waals surface area contributed by atoms with Crippen LogP contribution in [0.5, 0.6) is 17.2 Å². The van der Waals surface area contributed by atoms with E-state index in [-0.39, 0.29) is 49.6 Å². The number of nitrogens with zero attached hydrogens (tertiary/aromatic N) is 3. The van der Waals surface area contributed by atoms with Gasteiger partial charge >= 0.3 is 5.69 Å². The quantitative estimate of drug-likeness (QED) is 0.252. The average molecular weight is 684 g/mol. The van der Waals surface area contributed by atoms with Gasteiger partial charge in [0, 0.05) is 41.3 Å². The number of carbonyl (C=O) groups is 2. The topological polar surface area (TPSA) is 104 Å². The molecule has 44 heavy (non-hydrogen) atoms. The first-order valence-electron chi connectivity index (χ1n) is 14.0. The van der Waals surface area contributed by atoms with Crippen LogP contribution in [0.15, 0.2) is 69.9 Å². The molecule has 3 aromatic carbocycles. The second-order valence-electron chi connectivity index (χ2n) is 10.4. The number of hydrogen-bond acceptors (Lipinski definition) is 6. The van der Waals surface area contributed by atoms with Crippen LogP contribution < -0.4 is 25.2 Å². The third-order valence-electron chi connectivity index (χ3n) is 7.25. The Morgan fingerprint density at radius 3 is 2.36 bits per heavy atom. The molecule has 0 aliphatic carbocycles. The van der Waals surface area contributed by atoms with Crippen molar-refractivity contribution in [3.63, 3.8) is 0 Å². The van der Waals surface area contributed by atoms with Crippen LogP contribution in [0.4, 0.5) is 0 Å². The Labute approximate surface area is 268 Å². The fourth-order valence-electron chi connectivity index (χ4n) is 5.12. The summed E-state index contributed by atoms with van der Waals surface area (Å²) in [6.07, 6.45) is -0.0224. The van der Waals surface area contributed by atoms with E-state index >= 15 is 0 Å². The lowest BCUT2D eigenvalue weighted by Crippen LogP contribution is -2.41. The summed E-state index contributed by atoms with van der Waals surface area (Å²) in [6, 6.07) is 17.3. The number of ether oxygens (including phenoxy) is 3. The molecule has 0 saturated heterocycles. The third kappa shape index (κ3) is 6.34. The van der Waals surface area contributed by atoms with Crippen LogP contribution >= 0.6 is 27.5 Å². The van der Waals surface area contributed by atoms with Crippen molar-refractivity contribution in [2.45, 2.75) is 39.6 Å². The summed E-state index contributed by atoms with van der Waals surface area (Å²) in [6.45, 7) is 4.54. The van der Waals surface area contributed by atoms with Gasteiger partial charge < -0.3 is 24.4 Å². The van der Waals surface area contributed by atoms with E-state index in [1.54, 1.807) is 84.4 Å². The summed E-state index contributed by atoms with van der Waals surface area (Å²) >= 11 is 9.61. The fraction of sp³-hybridized carbons (Fsp3) is 0.281. The van der Waals surface area contributed by atoms with E-state index < -0.39 is 5.91 Å². The van der Waals surface area contributed by atoms with Crippen LogP contribution in [-0.4, -0.2) is 52.7 Å². The summed E-state index contributed by atoms with van der Waals surface area (Å²) in [4.78, 5) is 42.9. The number of hydrogen-bond donors (Lipinski definition) is 1. The molecule has 0 fully saturated rings. The smallest absolute Gasteiger partial charge is 0.333 e. The van der Waals surface area contributed by atoms with Crippen molar-refractivity contribution in [1.29, 1.82) is 0 Å². The lowest BCUT2D eigenvalue weighted by Gasteiger charge is -2.28. The molecule has 1 aliphatic heterocycles. The van der Waals surface area contributed by atoms with Gasteiger partial charge in [-0.25, -0.2) is 4.79 Å². The molecule has 1 aliphatic rings. The normalized spacial score (nSPS) is 12.6. The first-order chi connectivity index (χ1) is 21.1. The predicted molar refractivity (Wildman–Crippen MR) is 170 cm³/mol. The Balaban J connectivity index is 1.52. The summed E-state index contributed by atoms with van der Waals surface area (Å²) in [5, 5.41) is 3.36. The van der Waals surface area contributed by atoms with Gasteiger partial charge in [0.2, 0.25) is 0 Å². The van der Waals surface area contributed by atoms with Crippen molar-refractivity contribution >= 4 is 39.3 Å². The van der Waals surface area contributed by atoms with Crippen LogP contribution in [0.2, 0.25) is 5.02 Å². The van der Waals surface area contributed by atoms with E-state index in [9.17, 15) is 14.4 Å². The SMILES string of the molecule is COc1ccc(CNC(=O)c2c3n(c(=O)n2-c2ccc(OC(C)C)cc2)CCN(C(=O)c2ccc(Br)c(Cl)c2)C3)c(OC)c1. The molecule has 1 N–H and O–H groups in total. The zero-order valence-corrected chi connectivity index (χ0v) is 27.1. The molecule has 10 nitrogen and oxygen atoms in total. The largest absolute Gasteiger partial charge is 0.497 e. The first kappa shape index (κ1) is 31.2. The van der Waals surface area contributed by atoms with Crippen LogP contribution in [-0.2, 0) is 19.6 Å². The van der Waals surface area contributed by atoms with Crippen LogP contribution in [0, 0.1) is 0 Å². The third-order valence-corrected chi connectivity index (χ3v) is 8.48. The first-order valence-corrected chi connectivity index (χ1v) is 15.1. The molecule has 2 heterocycles. The van der Waals surface area contributed by atoms with Gasteiger partial charge in [0.1, 0.15) is 22.9 Å². The molecule has 0 saturated carbocycles. The highest BCUT2D eigenvalue weighted by molar-refractivity contribution is 9.10. The maximum atomic E-state index is 14.0. The average Bonchev–Trinajstić information content (AvgIpc) is 3.32. The van der Waals surface area contributed by atoms with E-state index in [2.05, 4.69) is 21.2 Å². The van der Waals surface area contributed by atoms with Gasteiger partial charge in [0.25, 0.3) is 11.8 Å². The summed E-state index contributed by atoms with van der Waals surface area (Å²) in [5.74, 6) is 1.08. The second-order valence-corrected chi connectivity index (χ2v) is 11.7. The van der Waals surface area contributed by atoms with Gasteiger partial charge in [-0.3, -0.25) is 18.7 Å². The molecule has 4 aromatic rings. The number of imidazole rings is 1. The Morgan fingerprint density at radius 1 is 0.977 bits per heavy atom. The lowest BCUT2D eigenvalue weighted by molar-refractivity contribution is 0.0706. The lowest BCUT2D eigenvalue weighted by atomic mass is 10.1. The molecule has 5 rings (SSSR count). The second kappa shape index (κ2) is 13.2. The molecule has 1 aromatic heterocycles. The molecule has 0 bridgehead atoms. The van der Waals surface area contributed by atoms with Crippen LogP contribution in [0.3, 0.4) is 0 Å². The van der Waals surface area contributed by atoms with Gasteiger partial charge in [-0.2, -0.15) is 0 Å². The molecule has 230 valence electrons. The standard InChI is InChI=1S/C32H32BrClN4O6/c1-19(2)44-23-10-7-22(8-11-23)38-29(30(39)35-17-21-5-9-24(42-3)16-28(21)43-4)27-18-36(13-14-37(27)32(38)41)31(40)20-6-12-25(33)26(34)15-20/h5-12,15-16,19H,13-14,17-18H2,1-4H3,(H,35,39). The fourth-order valence-corrected chi connectivity index (χ4v) is 5.55. The van der Waals surface area contributed by atoms with Crippen molar-refractivity contribution < 1.29 is 23.8 Å². The number of nitrogens with one attached hydrogen (secondary N) is 1. The minimum absolute atomic E-state index is 0.0224. The van der Waals surface area contributed by atoms with Crippen LogP contribution in [0.1, 0.15) is 46.0 Å². The van der Waals surface area contributed by atoms with E-state index in [0.29, 0.717) is 43.7 Å². The number of halogens is 2. The Kier molecular flexibility index (Phi) is 9.36. The van der Waals surface area contributed by atoms with Crippen molar-refractivity contribution in [2.24, 2.45) is 0 Å². The van der Waals surface area contributed by atoms with Gasteiger partial charge in [-0.15, -0.1) is 0 Å². The molecule has 0 unspecified atom stereocenters. The van der Waals surface area contributed by atoms with Gasteiger partial charge in [-0.1, -0.05) is 11.6 Å². The van der Waals surface area contributed by atoms with Crippen LogP contribution in [0.25, 0.3) is 5.69 Å².